The van der Waals surface area contributed by atoms with E-state index in [4.69, 9.17) is 9.47 Å². The van der Waals surface area contributed by atoms with E-state index >= 15 is 0 Å². The molecule has 4 heteroatoms. The zero-order valence-corrected chi connectivity index (χ0v) is 8.87. The van der Waals surface area contributed by atoms with Crippen LogP contribution in [0.5, 0.6) is 0 Å². The van der Waals surface area contributed by atoms with Crippen LogP contribution < -0.4 is 0 Å². The van der Waals surface area contributed by atoms with Crippen molar-refractivity contribution in [1.29, 1.82) is 0 Å². The molecule has 0 amide bonds. The van der Waals surface area contributed by atoms with Crippen LogP contribution in [0.3, 0.4) is 0 Å². The SMILES string of the molecule is CCOC(O)(OCC)c1ccc(F)cc1. The molecule has 1 N–H and O–H groups in total. The molecule has 84 valence electrons. The first-order valence-electron chi connectivity index (χ1n) is 4.88. The molecule has 0 aliphatic carbocycles. The first-order valence-corrected chi connectivity index (χ1v) is 4.88. The molecule has 15 heavy (non-hydrogen) atoms. The molecule has 0 unspecified atom stereocenters. The Morgan fingerprint density at radius 3 is 2.00 bits per heavy atom. The Bertz CT molecular complexity index is 291. The quantitative estimate of drug-likeness (QED) is 0.762. The van der Waals surface area contributed by atoms with Gasteiger partial charge in [0, 0.05) is 18.8 Å². The van der Waals surface area contributed by atoms with Gasteiger partial charge in [-0.3, -0.25) is 0 Å². The van der Waals surface area contributed by atoms with Crippen LogP contribution in [-0.2, 0) is 15.4 Å². The highest BCUT2D eigenvalue weighted by molar-refractivity contribution is 5.19. The predicted octanol–water partition coefficient (Wildman–Crippen LogP) is 2.00. The van der Waals surface area contributed by atoms with Crippen molar-refractivity contribution in [2.24, 2.45) is 0 Å². The summed E-state index contributed by atoms with van der Waals surface area (Å²) in [5, 5.41) is 10.0. The number of rotatable bonds is 5. The number of aliphatic hydroxyl groups is 1. The van der Waals surface area contributed by atoms with Gasteiger partial charge >= 0.3 is 5.97 Å². The molecule has 0 spiro atoms. The molecule has 0 saturated carbocycles. The van der Waals surface area contributed by atoms with Gasteiger partial charge in [0.2, 0.25) is 0 Å². The van der Waals surface area contributed by atoms with E-state index in [2.05, 4.69) is 0 Å². The Morgan fingerprint density at radius 2 is 1.60 bits per heavy atom. The van der Waals surface area contributed by atoms with E-state index < -0.39 is 5.97 Å². The van der Waals surface area contributed by atoms with Gasteiger partial charge in [-0.2, -0.15) is 0 Å². The summed E-state index contributed by atoms with van der Waals surface area (Å²) in [6.45, 7) is 4.09. The van der Waals surface area contributed by atoms with Crippen molar-refractivity contribution in [3.63, 3.8) is 0 Å². The topological polar surface area (TPSA) is 38.7 Å². The minimum absolute atomic E-state index is 0.299. The monoisotopic (exact) mass is 214 g/mol. The standard InChI is InChI=1S/C11H15FO3/c1-3-14-11(13,15-4-2)9-5-7-10(12)8-6-9/h5-8,13H,3-4H2,1-2H3. The summed E-state index contributed by atoms with van der Waals surface area (Å²) in [4.78, 5) is 0. The molecular weight excluding hydrogens is 199 g/mol. The smallest absolute Gasteiger partial charge is 0.309 e. The van der Waals surface area contributed by atoms with Crippen molar-refractivity contribution < 1.29 is 19.0 Å². The van der Waals surface area contributed by atoms with Gasteiger partial charge in [-0.05, 0) is 38.1 Å². The number of benzene rings is 1. The number of hydrogen-bond acceptors (Lipinski definition) is 3. The van der Waals surface area contributed by atoms with Gasteiger partial charge < -0.3 is 14.6 Å². The van der Waals surface area contributed by atoms with Crippen LogP contribution >= 0.6 is 0 Å². The van der Waals surface area contributed by atoms with E-state index in [0.29, 0.717) is 18.8 Å². The van der Waals surface area contributed by atoms with E-state index in [0.717, 1.165) is 0 Å². The maximum Gasteiger partial charge on any atom is 0.309 e. The summed E-state index contributed by atoms with van der Waals surface area (Å²) >= 11 is 0. The second-order valence-corrected chi connectivity index (χ2v) is 2.95. The Labute approximate surface area is 88.4 Å². The van der Waals surface area contributed by atoms with Crippen LogP contribution in [-0.4, -0.2) is 18.3 Å². The third-order valence-electron chi connectivity index (χ3n) is 1.89. The third kappa shape index (κ3) is 2.99. The summed E-state index contributed by atoms with van der Waals surface area (Å²) in [6, 6.07) is 5.36. The van der Waals surface area contributed by atoms with Crippen LogP contribution in [0.1, 0.15) is 19.4 Å². The lowest BCUT2D eigenvalue weighted by Crippen LogP contribution is -2.33. The average Bonchev–Trinajstić information content (AvgIpc) is 2.19. The molecule has 1 rings (SSSR count). The van der Waals surface area contributed by atoms with Gasteiger partial charge in [-0.25, -0.2) is 4.39 Å². The molecule has 0 aliphatic rings. The summed E-state index contributed by atoms with van der Waals surface area (Å²) in [6.07, 6.45) is 0. The van der Waals surface area contributed by atoms with E-state index in [1.54, 1.807) is 13.8 Å². The molecule has 0 heterocycles. The second kappa shape index (κ2) is 5.21. The average molecular weight is 214 g/mol. The van der Waals surface area contributed by atoms with Gasteiger partial charge in [-0.1, -0.05) is 0 Å². The molecule has 0 bridgehead atoms. The lowest BCUT2D eigenvalue weighted by molar-refractivity contribution is -0.370. The molecule has 0 saturated heterocycles. The van der Waals surface area contributed by atoms with Crippen LogP contribution in [0.2, 0.25) is 0 Å². The Balaban J connectivity index is 2.92. The molecule has 0 fully saturated rings. The summed E-state index contributed by atoms with van der Waals surface area (Å²) in [5.41, 5.74) is 0.382. The first-order chi connectivity index (χ1) is 7.12. The highest BCUT2D eigenvalue weighted by Gasteiger charge is 2.30. The molecule has 0 aromatic heterocycles. The number of hydrogen-bond donors (Lipinski definition) is 1. The van der Waals surface area contributed by atoms with Crippen LogP contribution in [0.25, 0.3) is 0 Å². The van der Waals surface area contributed by atoms with E-state index in [9.17, 15) is 9.50 Å². The van der Waals surface area contributed by atoms with E-state index in [1.807, 2.05) is 0 Å². The molecule has 1 aromatic carbocycles. The summed E-state index contributed by atoms with van der Waals surface area (Å²) in [7, 11) is 0. The maximum atomic E-state index is 12.7. The summed E-state index contributed by atoms with van der Waals surface area (Å²) < 4.78 is 22.9. The number of halogens is 1. The maximum absolute atomic E-state index is 12.7. The van der Waals surface area contributed by atoms with Crippen molar-refractivity contribution >= 4 is 0 Å². The largest absolute Gasteiger partial charge is 0.339 e. The summed E-state index contributed by atoms with van der Waals surface area (Å²) in [5.74, 6) is -2.15. The zero-order chi connectivity index (χ0) is 11.3. The van der Waals surface area contributed by atoms with Gasteiger partial charge in [0.15, 0.2) is 0 Å². The van der Waals surface area contributed by atoms with Gasteiger partial charge in [0.25, 0.3) is 0 Å². The fraction of sp³-hybridized carbons (Fsp3) is 0.455. The number of ether oxygens (including phenoxy) is 2. The van der Waals surface area contributed by atoms with Gasteiger partial charge in [-0.15, -0.1) is 0 Å². The van der Waals surface area contributed by atoms with Crippen molar-refractivity contribution in [1.82, 2.24) is 0 Å². The zero-order valence-electron chi connectivity index (χ0n) is 8.87. The van der Waals surface area contributed by atoms with Crippen LogP contribution in [0.15, 0.2) is 24.3 Å². The normalized spacial score (nSPS) is 11.7. The Kier molecular flexibility index (Phi) is 4.20. The Hall–Kier alpha value is -0.970. The van der Waals surface area contributed by atoms with E-state index in [1.165, 1.54) is 24.3 Å². The minimum Gasteiger partial charge on any atom is -0.339 e. The lowest BCUT2D eigenvalue weighted by atomic mass is 10.2. The fourth-order valence-electron chi connectivity index (χ4n) is 1.26. The van der Waals surface area contributed by atoms with E-state index in [-0.39, 0.29) is 5.82 Å². The molecular formula is C11H15FO3. The van der Waals surface area contributed by atoms with Crippen LogP contribution in [0, 0.1) is 5.82 Å². The van der Waals surface area contributed by atoms with Crippen molar-refractivity contribution in [2.45, 2.75) is 19.8 Å². The molecule has 3 nitrogen and oxygen atoms in total. The van der Waals surface area contributed by atoms with Gasteiger partial charge in [0.1, 0.15) is 5.82 Å². The highest BCUT2D eigenvalue weighted by atomic mass is 19.1. The van der Waals surface area contributed by atoms with Crippen molar-refractivity contribution in [3.05, 3.63) is 35.6 Å². The van der Waals surface area contributed by atoms with Gasteiger partial charge in [0.05, 0.1) is 0 Å². The fourth-order valence-corrected chi connectivity index (χ4v) is 1.26. The predicted molar refractivity (Wildman–Crippen MR) is 53.5 cm³/mol. The van der Waals surface area contributed by atoms with Crippen LogP contribution in [0.4, 0.5) is 4.39 Å². The minimum atomic E-state index is -1.78. The molecule has 0 aliphatic heterocycles. The Morgan fingerprint density at radius 1 is 1.13 bits per heavy atom. The molecule has 0 atom stereocenters. The van der Waals surface area contributed by atoms with Crippen molar-refractivity contribution in [3.8, 4) is 0 Å². The second-order valence-electron chi connectivity index (χ2n) is 2.95. The van der Waals surface area contributed by atoms with Crippen molar-refractivity contribution in [2.75, 3.05) is 13.2 Å². The molecule has 0 radical (unpaired) electrons. The third-order valence-corrected chi connectivity index (χ3v) is 1.89. The molecule has 1 aromatic rings. The highest BCUT2D eigenvalue weighted by Crippen LogP contribution is 2.24. The first kappa shape index (κ1) is 12.1. The lowest BCUT2D eigenvalue weighted by Gasteiger charge is -2.27.